The van der Waals surface area contributed by atoms with Gasteiger partial charge in [0.25, 0.3) is 0 Å². The fourth-order valence-corrected chi connectivity index (χ4v) is 2.68. The highest BCUT2D eigenvalue weighted by Crippen LogP contribution is 2.25. The maximum Gasteiger partial charge on any atom is 0.220 e. The first-order chi connectivity index (χ1) is 9.69. The Bertz CT molecular complexity index is 463. The van der Waals surface area contributed by atoms with Gasteiger partial charge in [-0.1, -0.05) is 17.7 Å². The van der Waals surface area contributed by atoms with Gasteiger partial charge in [-0.25, -0.2) is 0 Å². The minimum Gasteiger partial charge on any atom is -0.495 e. The molecule has 0 aliphatic carbocycles. The van der Waals surface area contributed by atoms with Gasteiger partial charge in [0.15, 0.2) is 0 Å². The van der Waals surface area contributed by atoms with E-state index >= 15 is 0 Å². The zero-order valence-corrected chi connectivity index (χ0v) is 13.7. The summed E-state index contributed by atoms with van der Waals surface area (Å²) in [5, 5.41) is 6.94. The lowest BCUT2D eigenvalue weighted by molar-refractivity contribution is -0.121. The number of hydrogen-bond acceptors (Lipinski definition) is 3. The molecule has 0 bridgehead atoms. The zero-order valence-electron chi connectivity index (χ0n) is 12.2. The first kappa shape index (κ1) is 18.1. The third-order valence-electron chi connectivity index (χ3n) is 3.52. The van der Waals surface area contributed by atoms with Crippen molar-refractivity contribution in [2.75, 3.05) is 20.2 Å². The third-order valence-corrected chi connectivity index (χ3v) is 3.81. The number of methoxy groups -OCH3 is 1. The summed E-state index contributed by atoms with van der Waals surface area (Å²) in [7, 11) is 1.59. The van der Waals surface area contributed by atoms with E-state index in [4.69, 9.17) is 16.3 Å². The van der Waals surface area contributed by atoms with Crippen molar-refractivity contribution in [3.63, 3.8) is 0 Å². The molecule has 0 unspecified atom stereocenters. The molecular weight excluding hydrogens is 311 g/mol. The molecule has 0 radical (unpaired) electrons. The molecule has 1 atom stereocenters. The minimum absolute atomic E-state index is 0. The van der Waals surface area contributed by atoms with Crippen molar-refractivity contribution < 1.29 is 9.53 Å². The number of nitrogens with one attached hydrogen (secondary N) is 2. The number of aryl methyl sites for hydroxylation is 1. The van der Waals surface area contributed by atoms with Crippen molar-refractivity contribution in [2.45, 2.75) is 31.7 Å². The maximum absolute atomic E-state index is 11.9. The lowest BCUT2D eigenvalue weighted by Gasteiger charge is -2.23. The predicted octanol–water partition coefficient (Wildman–Crippen LogP) is 2.57. The standard InChI is InChI=1S/C15H21ClN2O2.ClH/c1-20-14-6-4-11(9-13(14)16)5-7-15(19)18-12-3-2-8-17-10-12;/h4,6,9,12,17H,2-3,5,7-8,10H2,1H3,(H,18,19);1H/t12-;/m0./s1. The average molecular weight is 333 g/mol. The Morgan fingerprint density at radius 1 is 1.52 bits per heavy atom. The van der Waals surface area contributed by atoms with Crippen molar-refractivity contribution in [1.82, 2.24) is 10.6 Å². The highest BCUT2D eigenvalue weighted by Gasteiger charge is 2.15. The summed E-state index contributed by atoms with van der Waals surface area (Å²) >= 11 is 6.07. The van der Waals surface area contributed by atoms with Gasteiger partial charge in [-0.3, -0.25) is 4.79 Å². The van der Waals surface area contributed by atoms with Crippen LogP contribution in [0.25, 0.3) is 0 Å². The smallest absolute Gasteiger partial charge is 0.220 e. The molecule has 1 saturated heterocycles. The van der Waals surface area contributed by atoms with Crippen LogP contribution in [0.1, 0.15) is 24.8 Å². The maximum atomic E-state index is 11.9. The Morgan fingerprint density at radius 2 is 2.33 bits per heavy atom. The van der Waals surface area contributed by atoms with E-state index in [2.05, 4.69) is 10.6 Å². The largest absolute Gasteiger partial charge is 0.495 e. The quantitative estimate of drug-likeness (QED) is 0.871. The van der Waals surface area contributed by atoms with Gasteiger partial charge < -0.3 is 15.4 Å². The number of carbonyl (C=O) groups excluding carboxylic acids is 1. The molecule has 1 aromatic carbocycles. The molecule has 1 fully saturated rings. The topological polar surface area (TPSA) is 50.4 Å². The molecule has 1 aromatic rings. The number of hydrogen-bond donors (Lipinski definition) is 2. The molecule has 4 nitrogen and oxygen atoms in total. The van der Waals surface area contributed by atoms with Crippen LogP contribution in [-0.2, 0) is 11.2 Å². The molecule has 1 aliphatic heterocycles. The second-order valence-corrected chi connectivity index (χ2v) is 5.49. The Morgan fingerprint density at radius 3 is 2.95 bits per heavy atom. The van der Waals surface area contributed by atoms with E-state index in [1.165, 1.54) is 0 Å². The van der Waals surface area contributed by atoms with Crippen LogP contribution < -0.4 is 15.4 Å². The van der Waals surface area contributed by atoms with Crippen LogP contribution in [0, 0.1) is 0 Å². The van der Waals surface area contributed by atoms with Crippen molar-refractivity contribution >= 4 is 29.9 Å². The Labute approximate surface area is 137 Å². The fourth-order valence-electron chi connectivity index (χ4n) is 2.40. The molecule has 1 amide bonds. The Balaban J connectivity index is 0.00000220. The van der Waals surface area contributed by atoms with E-state index in [0.717, 1.165) is 31.5 Å². The van der Waals surface area contributed by atoms with E-state index < -0.39 is 0 Å². The molecule has 118 valence electrons. The lowest BCUT2D eigenvalue weighted by Crippen LogP contribution is -2.45. The van der Waals surface area contributed by atoms with Crippen LogP contribution in [0.4, 0.5) is 0 Å². The SMILES string of the molecule is COc1ccc(CCC(=O)N[C@H]2CCCNC2)cc1Cl.Cl. The average Bonchev–Trinajstić information content (AvgIpc) is 2.46. The second kappa shape index (κ2) is 9.13. The summed E-state index contributed by atoms with van der Waals surface area (Å²) in [4.78, 5) is 11.9. The molecule has 1 heterocycles. The highest BCUT2D eigenvalue weighted by molar-refractivity contribution is 6.32. The summed E-state index contributed by atoms with van der Waals surface area (Å²) in [5.74, 6) is 0.763. The Kier molecular flexibility index (Phi) is 7.86. The normalized spacial score (nSPS) is 17.7. The highest BCUT2D eigenvalue weighted by atomic mass is 35.5. The molecule has 21 heavy (non-hydrogen) atoms. The molecular formula is C15H22Cl2N2O2. The van der Waals surface area contributed by atoms with Crippen LogP contribution in [-0.4, -0.2) is 32.1 Å². The van der Waals surface area contributed by atoms with E-state index in [1.807, 2.05) is 18.2 Å². The number of halogens is 2. The minimum atomic E-state index is 0. The van der Waals surface area contributed by atoms with Crippen LogP contribution in [0.5, 0.6) is 5.75 Å². The van der Waals surface area contributed by atoms with E-state index in [1.54, 1.807) is 7.11 Å². The molecule has 0 saturated carbocycles. The van der Waals surface area contributed by atoms with Crippen LogP contribution in [0.2, 0.25) is 5.02 Å². The van der Waals surface area contributed by atoms with Crippen LogP contribution in [0.15, 0.2) is 18.2 Å². The molecule has 2 N–H and O–H groups in total. The Hall–Kier alpha value is -0.970. The number of amides is 1. The van der Waals surface area contributed by atoms with Gasteiger partial charge in [-0.15, -0.1) is 12.4 Å². The van der Waals surface area contributed by atoms with Gasteiger partial charge in [0.05, 0.1) is 12.1 Å². The van der Waals surface area contributed by atoms with Crippen molar-refractivity contribution in [3.05, 3.63) is 28.8 Å². The fraction of sp³-hybridized carbons (Fsp3) is 0.533. The summed E-state index contributed by atoms with van der Waals surface area (Å²) < 4.78 is 5.11. The van der Waals surface area contributed by atoms with Crippen LogP contribution in [0.3, 0.4) is 0 Å². The molecule has 0 aromatic heterocycles. The van der Waals surface area contributed by atoms with E-state index in [-0.39, 0.29) is 24.4 Å². The summed E-state index contributed by atoms with van der Waals surface area (Å²) in [6.45, 7) is 1.93. The van der Waals surface area contributed by atoms with Crippen molar-refractivity contribution in [1.29, 1.82) is 0 Å². The molecule has 1 aliphatic rings. The lowest BCUT2D eigenvalue weighted by atomic mass is 10.1. The van der Waals surface area contributed by atoms with E-state index in [0.29, 0.717) is 23.6 Å². The first-order valence-electron chi connectivity index (χ1n) is 7.01. The molecule has 0 spiro atoms. The van der Waals surface area contributed by atoms with Gasteiger partial charge in [-0.2, -0.15) is 0 Å². The number of benzene rings is 1. The van der Waals surface area contributed by atoms with Gasteiger partial charge in [-0.05, 0) is 43.5 Å². The van der Waals surface area contributed by atoms with Gasteiger partial charge >= 0.3 is 0 Å². The van der Waals surface area contributed by atoms with Gasteiger partial charge in [0.2, 0.25) is 5.91 Å². The molecule has 2 rings (SSSR count). The number of carbonyl (C=O) groups is 1. The third kappa shape index (κ3) is 5.73. The number of ether oxygens (including phenoxy) is 1. The van der Waals surface area contributed by atoms with Crippen molar-refractivity contribution in [3.8, 4) is 5.75 Å². The predicted molar refractivity (Wildman–Crippen MR) is 87.6 cm³/mol. The second-order valence-electron chi connectivity index (χ2n) is 5.08. The van der Waals surface area contributed by atoms with Gasteiger partial charge in [0, 0.05) is 19.0 Å². The summed E-state index contributed by atoms with van der Waals surface area (Å²) in [6.07, 6.45) is 3.36. The number of piperidine rings is 1. The first-order valence-corrected chi connectivity index (χ1v) is 7.39. The summed E-state index contributed by atoms with van der Waals surface area (Å²) in [5.41, 5.74) is 1.05. The van der Waals surface area contributed by atoms with Gasteiger partial charge in [0.1, 0.15) is 5.75 Å². The number of rotatable bonds is 5. The van der Waals surface area contributed by atoms with Crippen molar-refractivity contribution in [2.24, 2.45) is 0 Å². The van der Waals surface area contributed by atoms with E-state index in [9.17, 15) is 4.79 Å². The monoisotopic (exact) mass is 332 g/mol. The van der Waals surface area contributed by atoms with Crippen LogP contribution >= 0.6 is 24.0 Å². The summed E-state index contributed by atoms with van der Waals surface area (Å²) in [6, 6.07) is 5.91. The molecule has 6 heteroatoms. The zero-order chi connectivity index (χ0) is 14.4.